The smallest absolute Gasteiger partial charge is 0.258 e. The Morgan fingerprint density at radius 2 is 1.76 bits per heavy atom. The molecule has 0 rings (SSSR count). The van der Waals surface area contributed by atoms with Crippen molar-refractivity contribution < 1.29 is 9.05 Å². The van der Waals surface area contributed by atoms with E-state index in [9.17, 15) is 0 Å². The van der Waals surface area contributed by atoms with Gasteiger partial charge < -0.3 is 14.8 Å². The zero-order valence-electron chi connectivity index (χ0n) is 10.9. The summed E-state index contributed by atoms with van der Waals surface area (Å²) in [5, 5.41) is 8.43. The van der Waals surface area contributed by atoms with Crippen LogP contribution >= 0.6 is 8.53 Å². The zero-order chi connectivity index (χ0) is 12.9. The highest BCUT2D eigenvalue weighted by atomic mass is 31.2. The Morgan fingerprint density at radius 1 is 1.12 bits per heavy atom. The molecular formula is C11H24N3O2P. The van der Waals surface area contributed by atoms with Crippen molar-refractivity contribution in [3.05, 3.63) is 0 Å². The Hall–Kier alpha value is -0.240. The molecule has 0 heterocycles. The van der Waals surface area contributed by atoms with E-state index in [1.807, 2.05) is 18.8 Å². The average molecular weight is 261 g/mol. The molecule has 1 atom stereocenters. The monoisotopic (exact) mass is 261 g/mol. The summed E-state index contributed by atoms with van der Waals surface area (Å²) in [4.78, 5) is 0. The average Bonchev–Trinajstić information content (AvgIpc) is 2.31. The summed E-state index contributed by atoms with van der Waals surface area (Å²) in [7, 11) is 2.85. The van der Waals surface area contributed by atoms with Crippen LogP contribution in [0.15, 0.2) is 0 Å². The molecule has 5 nitrogen and oxygen atoms in total. The van der Waals surface area contributed by atoms with Crippen LogP contribution in [0.25, 0.3) is 0 Å². The van der Waals surface area contributed by atoms with E-state index in [2.05, 4.69) is 6.07 Å². The quantitative estimate of drug-likeness (QED) is 0.456. The molecule has 0 aliphatic heterocycles. The number of rotatable bonds is 11. The van der Waals surface area contributed by atoms with Crippen molar-refractivity contribution in [3.63, 3.8) is 0 Å². The van der Waals surface area contributed by atoms with Gasteiger partial charge in [0.05, 0.1) is 25.7 Å². The van der Waals surface area contributed by atoms with Gasteiger partial charge in [-0.05, 0) is 33.5 Å². The topological polar surface area (TPSA) is 71.5 Å². The Kier molecular flexibility index (Phi) is 12.1. The Bertz CT molecular complexity index is 209. The minimum Gasteiger partial charge on any atom is -0.330 e. The fourth-order valence-corrected chi connectivity index (χ4v) is 2.25. The summed E-state index contributed by atoms with van der Waals surface area (Å²) < 4.78 is 13.1. The van der Waals surface area contributed by atoms with Crippen molar-refractivity contribution in [2.24, 2.45) is 5.73 Å². The number of nitrogens with two attached hydrogens (primary N) is 1. The van der Waals surface area contributed by atoms with Crippen molar-refractivity contribution in [2.75, 3.05) is 33.9 Å². The molecule has 100 valence electrons. The molecule has 0 aliphatic carbocycles. The van der Waals surface area contributed by atoms with E-state index < -0.39 is 8.53 Å². The van der Waals surface area contributed by atoms with Crippen molar-refractivity contribution >= 4 is 8.53 Å². The van der Waals surface area contributed by atoms with Crippen molar-refractivity contribution in [1.82, 2.24) is 4.67 Å². The normalized spacial score (nSPS) is 12.6. The molecule has 0 amide bonds. The Morgan fingerprint density at radius 3 is 2.35 bits per heavy atom. The van der Waals surface area contributed by atoms with E-state index >= 15 is 0 Å². The van der Waals surface area contributed by atoms with Gasteiger partial charge in [-0.25, -0.2) is 4.67 Å². The van der Waals surface area contributed by atoms with Gasteiger partial charge in [-0.2, -0.15) is 5.26 Å². The predicted molar refractivity (Wildman–Crippen MR) is 70.3 cm³/mol. The van der Waals surface area contributed by atoms with Gasteiger partial charge in [0, 0.05) is 0 Å². The molecule has 0 aromatic heterocycles. The fraction of sp³-hybridized carbons (Fsp3) is 0.909. The first-order valence-electron chi connectivity index (χ1n) is 6.02. The highest BCUT2D eigenvalue weighted by molar-refractivity contribution is 7.44. The van der Waals surface area contributed by atoms with E-state index in [1.165, 1.54) is 0 Å². The molecule has 0 radical (unpaired) electrons. The van der Waals surface area contributed by atoms with E-state index in [1.54, 1.807) is 0 Å². The summed E-state index contributed by atoms with van der Waals surface area (Å²) in [5.41, 5.74) is 5.42. The second-order valence-corrected chi connectivity index (χ2v) is 5.65. The number of nitrogens with zero attached hydrogens (tertiary/aromatic N) is 2. The SMILES string of the molecule is CN(C)P(OCCC#N)OCCCCCCN. The molecule has 0 aromatic rings. The standard InChI is InChI=1S/C11H24N3O2P/c1-14(2)17(16-11-7-9-13)15-10-6-4-3-5-8-12/h3-8,10-12H2,1-2H3. The second kappa shape index (κ2) is 12.2. The van der Waals surface area contributed by atoms with Crippen molar-refractivity contribution in [2.45, 2.75) is 32.1 Å². The molecule has 0 spiro atoms. The van der Waals surface area contributed by atoms with Crippen LogP contribution < -0.4 is 5.73 Å². The fourth-order valence-electron chi connectivity index (χ4n) is 1.18. The molecule has 0 saturated heterocycles. The first-order chi connectivity index (χ1) is 8.22. The number of hydrogen-bond donors (Lipinski definition) is 1. The third kappa shape index (κ3) is 10.6. The molecule has 0 fully saturated rings. The molecule has 1 unspecified atom stereocenters. The number of unbranched alkanes of at least 4 members (excludes halogenated alkanes) is 3. The Labute approximate surface area is 106 Å². The summed E-state index contributed by atoms with van der Waals surface area (Å²) in [6.07, 6.45) is 4.84. The lowest BCUT2D eigenvalue weighted by molar-refractivity contribution is 0.219. The van der Waals surface area contributed by atoms with Gasteiger partial charge in [-0.1, -0.05) is 12.8 Å². The predicted octanol–water partition coefficient (Wildman–Crippen LogP) is 2.24. The van der Waals surface area contributed by atoms with Gasteiger partial charge in [-0.3, -0.25) is 0 Å². The molecule has 2 N–H and O–H groups in total. The largest absolute Gasteiger partial charge is 0.330 e. The van der Waals surface area contributed by atoms with E-state index in [0.717, 1.165) is 32.2 Å². The first kappa shape index (κ1) is 16.8. The molecule has 0 saturated carbocycles. The minimum atomic E-state index is -0.998. The lowest BCUT2D eigenvalue weighted by Gasteiger charge is -2.22. The van der Waals surface area contributed by atoms with Gasteiger partial charge in [0.1, 0.15) is 0 Å². The van der Waals surface area contributed by atoms with Crippen LogP contribution in [0.5, 0.6) is 0 Å². The third-order valence-corrected chi connectivity index (χ3v) is 3.50. The third-order valence-electron chi connectivity index (χ3n) is 2.04. The zero-order valence-corrected chi connectivity index (χ0v) is 11.8. The maximum Gasteiger partial charge on any atom is 0.258 e. The van der Waals surface area contributed by atoms with Crippen LogP contribution in [0.4, 0.5) is 0 Å². The molecular weight excluding hydrogens is 237 g/mol. The van der Waals surface area contributed by atoms with Crippen molar-refractivity contribution in [3.8, 4) is 6.07 Å². The van der Waals surface area contributed by atoms with Crippen LogP contribution in [0.2, 0.25) is 0 Å². The van der Waals surface area contributed by atoms with E-state index in [0.29, 0.717) is 19.6 Å². The van der Waals surface area contributed by atoms with Crippen LogP contribution in [-0.4, -0.2) is 38.5 Å². The Balaban J connectivity index is 3.53. The summed E-state index contributed by atoms with van der Waals surface area (Å²) in [6.45, 7) is 1.91. The van der Waals surface area contributed by atoms with E-state index in [4.69, 9.17) is 20.0 Å². The van der Waals surface area contributed by atoms with E-state index in [-0.39, 0.29) is 0 Å². The first-order valence-corrected chi connectivity index (χ1v) is 7.15. The van der Waals surface area contributed by atoms with Gasteiger partial charge in [0.15, 0.2) is 0 Å². The highest BCUT2D eigenvalue weighted by Gasteiger charge is 2.13. The van der Waals surface area contributed by atoms with Gasteiger partial charge in [0.25, 0.3) is 8.53 Å². The molecule has 6 heteroatoms. The number of hydrogen-bond acceptors (Lipinski definition) is 5. The maximum atomic E-state index is 8.43. The summed E-state index contributed by atoms with van der Waals surface area (Å²) >= 11 is 0. The molecule has 17 heavy (non-hydrogen) atoms. The number of nitriles is 1. The minimum absolute atomic E-state index is 0.409. The lowest BCUT2D eigenvalue weighted by atomic mass is 10.2. The summed E-state index contributed by atoms with van der Waals surface area (Å²) in [5.74, 6) is 0. The molecule has 0 aliphatic rings. The summed E-state index contributed by atoms with van der Waals surface area (Å²) in [6, 6.07) is 2.05. The molecule has 0 aromatic carbocycles. The van der Waals surface area contributed by atoms with Crippen LogP contribution in [0.3, 0.4) is 0 Å². The van der Waals surface area contributed by atoms with Crippen LogP contribution in [0, 0.1) is 11.3 Å². The maximum absolute atomic E-state index is 8.43. The molecule has 0 bridgehead atoms. The second-order valence-electron chi connectivity index (χ2n) is 3.86. The lowest BCUT2D eigenvalue weighted by Crippen LogP contribution is -2.10. The van der Waals surface area contributed by atoms with Crippen molar-refractivity contribution in [1.29, 1.82) is 5.26 Å². The van der Waals surface area contributed by atoms with Gasteiger partial charge >= 0.3 is 0 Å². The highest BCUT2D eigenvalue weighted by Crippen LogP contribution is 2.40. The van der Waals surface area contributed by atoms with Gasteiger partial charge in [0.2, 0.25) is 0 Å². The van der Waals surface area contributed by atoms with Crippen LogP contribution in [0.1, 0.15) is 32.1 Å². The van der Waals surface area contributed by atoms with Gasteiger partial charge in [-0.15, -0.1) is 0 Å². The van der Waals surface area contributed by atoms with Crippen LogP contribution in [-0.2, 0) is 9.05 Å².